The van der Waals surface area contributed by atoms with Crippen LogP contribution in [0.3, 0.4) is 0 Å². The zero-order valence-electron chi connectivity index (χ0n) is 21.8. The Morgan fingerprint density at radius 1 is 1.22 bits per heavy atom. The monoisotopic (exact) mass is 513 g/mol. The second-order valence-corrected chi connectivity index (χ2v) is 9.43. The first-order chi connectivity index (χ1) is 17.8. The standard InChI is InChI=1S/C22H23FN4O4.C5H13N/c1-30-8-9-31-16-10-17(23)19-18(11-16)24-13-25-20(19)26-14-2-4-15(5-3-14)27-21(29)22(12-28)6-7-22;1-5(2)4-6-3/h2-5,10-13,20,26H,6-9H2,1H3,(H,24,25)(H,27,29);5-6H,4H2,1-3H3. The molecule has 1 amide bonds. The van der Waals surface area contributed by atoms with Crippen molar-refractivity contribution in [1.82, 2.24) is 5.32 Å². The lowest BCUT2D eigenvalue weighted by molar-refractivity contribution is -0.126. The molecule has 0 bridgehead atoms. The lowest BCUT2D eigenvalue weighted by Crippen LogP contribution is -2.25. The average molecular weight is 514 g/mol. The third kappa shape index (κ3) is 7.74. The summed E-state index contributed by atoms with van der Waals surface area (Å²) in [4.78, 5) is 27.5. The first kappa shape index (κ1) is 28.1. The molecule has 1 atom stereocenters. The molecule has 9 nitrogen and oxygen atoms in total. The average Bonchev–Trinajstić information content (AvgIpc) is 3.67. The van der Waals surface area contributed by atoms with E-state index in [2.05, 4.69) is 40.1 Å². The van der Waals surface area contributed by atoms with Gasteiger partial charge in [-0.3, -0.25) is 4.79 Å². The number of nitrogens with zero attached hydrogens (tertiary/aromatic N) is 1. The number of carbonyl (C=O) groups excluding carboxylic acids is 2. The summed E-state index contributed by atoms with van der Waals surface area (Å²) >= 11 is 0. The van der Waals surface area contributed by atoms with Crippen molar-refractivity contribution in [3.05, 3.63) is 47.8 Å². The Balaban J connectivity index is 0.000000568. The van der Waals surface area contributed by atoms with Gasteiger partial charge in [-0.15, -0.1) is 0 Å². The van der Waals surface area contributed by atoms with Crippen LogP contribution >= 0.6 is 0 Å². The molecule has 2 aromatic carbocycles. The van der Waals surface area contributed by atoms with E-state index in [1.165, 1.54) is 12.4 Å². The maximum Gasteiger partial charge on any atom is 0.237 e. The number of amides is 1. The van der Waals surface area contributed by atoms with Gasteiger partial charge in [0.2, 0.25) is 5.91 Å². The van der Waals surface area contributed by atoms with Crippen molar-refractivity contribution < 1.29 is 23.5 Å². The van der Waals surface area contributed by atoms with E-state index in [0.29, 0.717) is 60.7 Å². The van der Waals surface area contributed by atoms with Crippen molar-refractivity contribution in [2.24, 2.45) is 16.3 Å². The molecule has 1 aliphatic heterocycles. The quantitative estimate of drug-likeness (QED) is 0.202. The first-order valence-electron chi connectivity index (χ1n) is 12.3. The van der Waals surface area contributed by atoms with Crippen LogP contribution in [0, 0.1) is 17.2 Å². The molecule has 0 aromatic heterocycles. The Labute approximate surface area is 217 Å². The Morgan fingerprint density at radius 2 is 1.92 bits per heavy atom. The SMILES string of the molecule is CNCC(C)C.COCCOc1cc(F)c2c(c1)NC=NC2Nc1ccc(NC(=O)C2(C=O)CC2)cc1. The number of hydrogen-bond donors (Lipinski definition) is 4. The predicted molar refractivity (Wildman–Crippen MR) is 144 cm³/mol. The summed E-state index contributed by atoms with van der Waals surface area (Å²) in [6.07, 6.45) is 2.75. The Kier molecular flexibility index (Phi) is 9.99. The number of anilines is 3. The zero-order valence-corrected chi connectivity index (χ0v) is 21.8. The predicted octanol–water partition coefficient (Wildman–Crippen LogP) is 4.19. The molecular weight excluding hydrogens is 477 g/mol. The van der Waals surface area contributed by atoms with Crippen molar-refractivity contribution in [1.29, 1.82) is 0 Å². The van der Waals surface area contributed by atoms with Crippen LogP contribution in [0.4, 0.5) is 21.5 Å². The highest BCUT2D eigenvalue weighted by Crippen LogP contribution is 2.44. The maximum atomic E-state index is 14.8. The number of methoxy groups -OCH3 is 1. The number of aliphatic imine (C=N–C) groups is 1. The third-order valence-electron chi connectivity index (χ3n) is 5.90. The van der Waals surface area contributed by atoms with Gasteiger partial charge in [0.15, 0.2) is 6.17 Å². The molecule has 37 heavy (non-hydrogen) atoms. The van der Waals surface area contributed by atoms with Crippen molar-refractivity contribution >= 4 is 35.6 Å². The highest BCUT2D eigenvalue weighted by Gasteiger charge is 2.50. The van der Waals surface area contributed by atoms with Crippen LogP contribution in [0.2, 0.25) is 0 Å². The topological polar surface area (TPSA) is 113 Å². The summed E-state index contributed by atoms with van der Waals surface area (Å²) in [6, 6.07) is 9.99. The van der Waals surface area contributed by atoms with Gasteiger partial charge in [-0.25, -0.2) is 9.38 Å². The molecule has 1 heterocycles. The largest absolute Gasteiger partial charge is 0.491 e. The van der Waals surface area contributed by atoms with E-state index in [0.717, 1.165) is 12.5 Å². The summed E-state index contributed by atoms with van der Waals surface area (Å²) < 4.78 is 25.3. The fourth-order valence-electron chi connectivity index (χ4n) is 3.69. The second-order valence-electron chi connectivity index (χ2n) is 9.43. The van der Waals surface area contributed by atoms with Crippen LogP contribution in [0.5, 0.6) is 5.75 Å². The van der Waals surface area contributed by atoms with Crippen LogP contribution < -0.4 is 26.0 Å². The fraction of sp³-hybridized carbons (Fsp3) is 0.444. The summed E-state index contributed by atoms with van der Waals surface area (Å²) in [5.74, 6) is 0.457. The summed E-state index contributed by atoms with van der Waals surface area (Å²) in [5, 5.41) is 11.9. The number of fused-ring (bicyclic) bond motifs is 1. The van der Waals surface area contributed by atoms with Crippen molar-refractivity contribution in [2.45, 2.75) is 32.9 Å². The zero-order chi connectivity index (χ0) is 26.8. The molecule has 200 valence electrons. The van der Waals surface area contributed by atoms with Crippen LogP contribution in [0.15, 0.2) is 41.4 Å². The van der Waals surface area contributed by atoms with Gasteiger partial charge < -0.3 is 35.5 Å². The molecular formula is C27H36FN5O4. The number of rotatable bonds is 11. The summed E-state index contributed by atoms with van der Waals surface area (Å²) in [6.45, 7) is 6.23. The number of ether oxygens (including phenoxy) is 2. The molecule has 0 saturated heterocycles. The van der Waals surface area contributed by atoms with E-state index in [4.69, 9.17) is 9.47 Å². The molecule has 4 rings (SSSR count). The van der Waals surface area contributed by atoms with E-state index in [-0.39, 0.29) is 5.91 Å². The van der Waals surface area contributed by atoms with Gasteiger partial charge in [-0.1, -0.05) is 13.8 Å². The van der Waals surface area contributed by atoms with Crippen molar-refractivity contribution in [2.75, 3.05) is 49.9 Å². The minimum absolute atomic E-state index is 0.286. The van der Waals surface area contributed by atoms with E-state index >= 15 is 0 Å². The first-order valence-corrected chi connectivity index (χ1v) is 12.3. The van der Waals surface area contributed by atoms with E-state index in [1.54, 1.807) is 37.4 Å². The van der Waals surface area contributed by atoms with Crippen LogP contribution in [-0.2, 0) is 14.3 Å². The van der Waals surface area contributed by atoms with Crippen LogP contribution in [0.1, 0.15) is 38.4 Å². The molecule has 0 radical (unpaired) electrons. The van der Waals surface area contributed by atoms with Crippen molar-refractivity contribution in [3.63, 3.8) is 0 Å². The van der Waals surface area contributed by atoms with Gasteiger partial charge in [-0.05, 0) is 56.6 Å². The number of aldehydes is 1. The molecule has 4 N–H and O–H groups in total. The van der Waals surface area contributed by atoms with Gasteiger partial charge in [-0.2, -0.15) is 0 Å². The molecule has 2 aromatic rings. The lowest BCUT2D eigenvalue weighted by atomic mass is 10.1. The third-order valence-corrected chi connectivity index (χ3v) is 5.90. The van der Waals surface area contributed by atoms with Crippen LogP contribution in [-0.4, -0.2) is 52.4 Å². The highest BCUT2D eigenvalue weighted by atomic mass is 19.1. The number of carbonyl (C=O) groups is 2. The Bertz CT molecular complexity index is 1090. The molecule has 1 aliphatic carbocycles. The minimum atomic E-state index is -0.867. The lowest BCUT2D eigenvalue weighted by Gasteiger charge is -2.24. The minimum Gasteiger partial charge on any atom is -0.491 e. The highest BCUT2D eigenvalue weighted by molar-refractivity contribution is 6.07. The van der Waals surface area contributed by atoms with Gasteiger partial charge in [0.1, 0.15) is 29.9 Å². The van der Waals surface area contributed by atoms with E-state index in [9.17, 15) is 14.0 Å². The van der Waals surface area contributed by atoms with Gasteiger partial charge in [0.05, 0.1) is 24.2 Å². The van der Waals surface area contributed by atoms with E-state index in [1.807, 2.05) is 7.05 Å². The number of benzene rings is 2. The van der Waals surface area contributed by atoms with Gasteiger partial charge in [0.25, 0.3) is 0 Å². The molecule has 1 fully saturated rings. The fourth-order valence-corrected chi connectivity index (χ4v) is 3.69. The normalized spacial score (nSPS) is 16.5. The number of hydrogen-bond acceptors (Lipinski definition) is 8. The van der Waals surface area contributed by atoms with Crippen LogP contribution in [0.25, 0.3) is 0 Å². The Hall–Kier alpha value is -3.50. The molecule has 10 heteroatoms. The smallest absolute Gasteiger partial charge is 0.237 e. The number of nitrogens with one attached hydrogen (secondary N) is 4. The molecule has 2 aliphatic rings. The summed E-state index contributed by atoms with van der Waals surface area (Å²) in [7, 11) is 3.54. The molecule has 1 saturated carbocycles. The van der Waals surface area contributed by atoms with Crippen molar-refractivity contribution in [3.8, 4) is 5.75 Å². The molecule has 1 unspecified atom stereocenters. The summed E-state index contributed by atoms with van der Waals surface area (Å²) in [5.41, 5.74) is 1.35. The number of halogens is 1. The second kappa shape index (κ2) is 13.2. The van der Waals surface area contributed by atoms with E-state index < -0.39 is 17.4 Å². The molecule has 0 spiro atoms. The van der Waals surface area contributed by atoms with Gasteiger partial charge in [0, 0.05) is 30.6 Å². The maximum absolute atomic E-state index is 14.8. The van der Waals surface area contributed by atoms with Gasteiger partial charge >= 0.3 is 0 Å². The Morgan fingerprint density at radius 3 is 2.49 bits per heavy atom.